The summed E-state index contributed by atoms with van der Waals surface area (Å²) in [5.74, 6) is -0.291. The predicted molar refractivity (Wildman–Crippen MR) is 144 cm³/mol. The molecule has 0 aliphatic carbocycles. The van der Waals surface area contributed by atoms with Gasteiger partial charge in [-0.2, -0.15) is 0 Å². The molecule has 0 spiro atoms. The fraction of sp³-hybridized carbons (Fsp3) is 0.310. The Bertz CT molecular complexity index is 890. The molecule has 2 aromatic rings. The number of rotatable bonds is 12. The highest BCUT2D eigenvalue weighted by molar-refractivity contribution is 6.81. The van der Waals surface area contributed by atoms with Crippen LogP contribution in [-0.2, 0) is 9.53 Å². The highest BCUT2D eigenvalue weighted by atomic mass is 28.3. The summed E-state index contributed by atoms with van der Waals surface area (Å²) in [6.45, 7) is 17.7. The summed E-state index contributed by atoms with van der Waals surface area (Å²) in [6.07, 6.45) is 5.89. The predicted octanol–water partition coefficient (Wildman–Crippen LogP) is 7.24. The third-order valence-corrected chi connectivity index (χ3v) is 10.1. The summed E-state index contributed by atoms with van der Waals surface area (Å²) in [7, 11) is -2.03. The molecule has 1 unspecified atom stereocenters. The second-order valence-corrected chi connectivity index (χ2v) is 14.1. The van der Waals surface area contributed by atoms with Gasteiger partial charge in [-0.15, -0.1) is 19.7 Å². The summed E-state index contributed by atoms with van der Waals surface area (Å²) in [5, 5.41) is 0. The quantitative estimate of drug-likeness (QED) is 0.145. The van der Waals surface area contributed by atoms with Crippen LogP contribution in [0.25, 0.3) is 0 Å². The van der Waals surface area contributed by atoms with E-state index in [2.05, 4.69) is 19.7 Å². The second-order valence-electron chi connectivity index (χ2n) is 9.44. The zero-order valence-corrected chi connectivity index (χ0v) is 21.3. The molecule has 0 bridgehead atoms. The Morgan fingerprint density at radius 1 is 0.879 bits per heavy atom. The van der Waals surface area contributed by atoms with Gasteiger partial charge in [0, 0.05) is 11.1 Å². The number of esters is 1. The van der Waals surface area contributed by atoms with Gasteiger partial charge in [0.25, 0.3) is 0 Å². The molecule has 1 atom stereocenters. The van der Waals surface area contributed by atoms with Crippen LogP contribution in [0.5, 0.6) is 0 Å². The smallest absolute Gasteiger partial charge is 0.331 e. The molecule has 0 fully saturated rings. The van der Waals surface area contributed by atoms with Crippen LogP contribution in [0.15, 0.2) is 104 Å². The van der Waals surface area contributed by atoms with Crippen LogP contribution in [0.4, 0.5) is 0 Å². The molecule has 0 saturated carbocycles. The van der Waals surface area contributed by atoms with Crippen LogP contribution in [0.2, 0.25) is 24.2 Å². The van der Waals surface area contributed by atoms with Gasteiger partial charge in [-0.05, 0) is 44.9 Å². The lowest BCUT2D eigenvalue weighted by molar-refractivity contribution is -0.155. The van der Waals surface area contributed by atoms with E-state index in [0.717, 1.165) is 35.0 Å². The number of benzene rings is 2. The second kappa shape index (κ2) is 12.3. The fourth-order valence-corrected chi connectivity index (χ4v) is 7.96. The Balaban J connectivity index is 2.64. The average molecular weight is 460 g/mol. The van der Waals surface area contributed by atoms with Crippen molar-refractivity contribution >= 4 is 19.8 Å². The average Bonchev–Trinajstić information content (AvgIpc) is 2.77. The highest BCUT2D eigenvalue weighted by Crippen LogP contribution is 2.31. The van der Waals surface area contributed by atoms with E-state index in [1.165, 1.54) is 0 Å². The largest absolute Gasteiger partial charge is 0.458 e. The van der Waals surface area contributed by atoms with Crippen LogP contribution in [-0.4, -0.2) is 31.4 Å². The van der Waals surface area contributed by atoms with E-state index >= 15 is 0 Å². The van der Waals surface area contributed by atoms with Crippen LogP contribution in [0.1, 0.15) is 31.9 Å². The number of allylic oxidation sites excluding steroid dienone is 3. The summed E-state index contributed by atoms with van der Waals surface area (Å²) in [6, 6.07) is 22.7. The SMILES string of the molecule is C=CC[Si](CC=C)(CC=C)CC(N=C(c1ccccc1)c1ccccc1)C(=O)OC(C)(C)C. The number of carbonyl (C=O) groups excluding carboxylic acids is 1. The topological polar surface area (TPSA) is 38.7 Å². The van der Waals surface area contributed by atoms with Gasteiger partial charge >= 0.3 is 5.97 Å². The van der Waals surface area contributed by atoms with Gasteiger partial charge in [0.05, 0.1) is 13.8 Å². The molecule has 0 saturated heterocycles. The third-order valence-electron chi connectivity index (χ3n) is 5.42. The first-order valence-corrected chi connectivity index (χ1v) is 14.3. The third kappa shape index (κ3) is 8.14. The Morgan fingerprint density at radius 3 is 1.67 bits per heavy atom. The van der Waals surface area contributed by atoms with Crippen LogP contribution in [0.3, 0.4) is 0 Å². The number of ether oxygens (including phenoxy) is 1. The van der Waals surface area contributed by atoms with Gasteiger partial charge in [-0.1, -0.05) is 78.9 Å². The highest BCUT2D eigenvalue weighted by Gasteiger charge is 2.37. The Morgan fingerprint density at radius 2 is 1.30 bits per heavy atom. The summed E-state index contributed by atoms with van der Waals surface area (Å²) < 4.78 is 5.85. The molecule has 33 heavy (non-hydrogen) atoms. The Kier molecular flexibility index (Phi) is 9.80. The zero-order chi connectivity index (χ0) is 24.3. The Hall–Kier alpha value is -2.98. The molecule has 2 aromatic carbocycles. The van der Waals surface area contributed by atoms with Crippen molar-refractivity contribution < 1.29 is 9.53 Å². The minimum atomic E-state index is -2.03. The molecule has 2 rings (SSSR count). The summed E-state index contributed by atoms with van der Waals surface area (Å²) >= 11 is 0. The molecule has 0 aromatic heterocycles. The van der Waals surface area contributed by atoms with Gasteiger partial charge in [0.1, 0.15) is 11.6 Å². The zero-order valence-electron chi connectivity index (χ0n) is 20.3. The fourth-order valence-electron chi connectivity index (χ4n) is 4.04. The number of hydrogen-bond acceptors (Lipinski definition) is 3. The molecule has 174 valence electrons. The molecule has 0 amide bonds. The van der Waals surface area contributed by atoms with Gasteiger partial charge < -0.3 is 4.74 Å². The summed E-state index contributed by atoms with van der Waals surface area (Å²) in [4.78, 5) is 18.6. The van der Waals surface area contributed by atoms with Crippen LogP contribution < -0.4 is 0 Å². The molecule has 0 aliphatic heterocycles. The van der Waals surface area contributed by atoms with Crippen molar-refractivity contribution in [1.29, 1.82) is 0 Å². The van der Waals surface area contributed by atoms with Crippen LogP contribution in [0, 0.1) is 0 Å². The van der Waals surface area contributed by atoms with E-state index in [-0.39, 0.29) is 5.97 Å². The van der Waals surface area contributed by atoms with Gasteiger partial charge in [0.15, 0.2) is 0 Å². The van der Waals surface area contributed by atoms with Gasteiger partial charge in [-0.25, -0.2) is 4.79 Å². The number of aliphatic imine (C=N–C) groups is 1. The molecular weight excluding hydrogens is 422 g/mol. The minimum absolute atomic E-state index is 0.291. The molecule has 0 radical (unpaired) electrons. The van der Waals surface area contributed by atoms with Crippen molar-refractivity contribution in [3.05, 3.63) is 110 Å². The molecule has 0 N–H and O–H groups in total. The van der Waals surface area contributed by atoms with E-state index in [4.69, 9.17) is 9.73 Å². The van der Waals surface area contributed by atoms with Crippen molar-refractivity contribution in [2.24, 2.45) is 4.99 Å². The molecular formula is C29H37NO2Si. The van der Waals surface area contributed by atoms with E-state index in [9.17, 15) is 4.79 Å². The molecule has 4 heteroatoms. The van der Waals surface area contributed by atoms with E-state index in [1.54, 1.807) is 0 Å². The number of nitrogens with zero attached hydrogens (tertiary/aromatic N) is 1. The normalized spacial score (nSPS) is 12.3. The monoisotopic (exact) mass is 459 g/mol. The molecule has 0 heterocycles. The maximum absolute atomic E-state index is 13.5. The van der Waals surface area contributed by atoms with Crippen LogP contribution >= 0.6 is 0 Å². The van der Waals surface area contributed by atoms with E-state index in [0.29, 0.717) is 6.04 Å². The van der Waals surface area contributed by atoms with E-state index in [1.807, 2.05) is 99.7 Å². The van der Waals surface area contributed by atoms with Crippen molar-refractivity contribution in [1.82, 2.24) is 0 Å². The minimum Gasteiger partial charge on any atom is -0.458 e. The lowest BCUT2D eigenvalue weighted by Gasteiger charge is -2.32. The lowest BCUT2D eigenvalue weighted by atomic mass is 10.0. The maximum atomic E-state index is 13.5. The lowest BCUT2D eigenvalue weighted by Crippen LogP contribution is -2.41. The molecule has 3 nitrogen and oxygen atoms in total. The van der Waals surface area contributed by atoms with Gasteiger partial charge in [0.2, 0.25) is 0 Å². The van der Waals surface area contributed by atoms with E-state index < -0.39 is 19.7 Å². The standard InChI is InChI=1S/C29H37NO2Si/c1-7-20-33(21-8-2,22-9-3)23-26(28(31)32-29(4,5)6)30-27(24-16-12-10-13-17-24)25-18-14-11-15-19-25/h7-19,26H,1-3,20-23H2,4-6H3. The van der Waals surface area contributed by atoms with Crippen molar-refractivity contribution in [3.8, 4) is 0 Å². The van der Waals surface area contributed by atoms with Crippen molar-refractivity contribution in [2.45, 2.75) is 56.6 Å². The van der Waals surface area contributed by atoms with Crippen molar-refractivity contribution in [2.75, 3.05) is 0 Å². The number of hydrogen-bond donors (Lipinski definition) is 0. The Labute approximate surface area is 200 Å². The first-order valence-electron chi connectivity index (χ1n) is 11.5. The first kappa shape index (κ1) is 26.3. The first-order chi connectivity index (χ1) is 15.7. The van der Waals surface area contributed by atoms with Gasteiger partial charge in [-0.3, -0.25) is 4.99 Å². The summed E-state index contributed by atoms with van der Waals surface area (Å²) in [5.41, 5.74) is 2.15. The maximum Gasteiger partial charge on any atom is 0.331 e. The van der Waals surface area contributed by atoms with Crippen molar-refractivity contribution in [3.63, 3.8) is 0 Å². The number of carbonyl (C=O) groups is 1. The molecule has 0 aliphatic rings.